The third-order valence-corrected chi connectivity index (χ3v) is 10.9. The summed E-state index contributed by atoms with van der Waals surface area (Å²) in [4.78, 5) is 0. The van der Waals surface area contributed by atoms with E-state index in [4.69, 9.17) is 15.1 Å². The van der Waals surface area contributed by atoms with Crippen LogP contribution in [0.1, 0.15) is 42.8 Å². The van der Waals surface area contributed by atoms with Crippen LogP contribution >= 0.6 is 0 Å². The molecule has 2 heterocycles. The van der Waals surface area contributed by atoms with Crippen LogP contribution in [-0.4, -0.2) is 9.13 Å². The molecule has 0 N–H and O–H groups in total. The monoisotopic (exact) mass is 689 g/mol. The SMILES string of the molecule is [2H]c1c([2H])c([2H])c(-c2cccc3c2-c2cc(-n4c5ccc(-c6ccc7c(c6)c6c([2H])c([2H])c([2H])c([2H])c6n7-c6ccccc6)cc5c5c([2H])c([2H])c([2H])c([2H])c54)ccc2C3(C)C)c([2H])c1[2H]. The summed E-state index contributed by atoms with van der Waals surface area (Å²) >= 11 is 0. The fourth-order valence-electron chi connectivity index (χ4n) is 8.44. The van der Waals surface area contributed by atoms with Crippen molar-refractivity contribution in [2.45, 2.75) is 19.3 Å². The molecule has 11 rings (SSSR count). The first-order valence-electron chi connectivity index (χ1n) is 24.0. The van der Waals surface area contributed by atoms with Crippen molar-refractivity contribution in [1.29, 1.82) is 0 Å². The molecule has 0 spiro atoms. The van der Waals surface area contributed by atoms with Gasteiger partial charge in [-0.1, -0.05) is 135 Å². The zero-order chi connectivity index (χ0) is 46.6. The molecule has 8 aromatic carbocycles. The van der Waals surface area contributed by atoms with Gasteiger partial charge in [0.1, 0.15) is 0 Å². The minimum atomic E-state index is -0.547. The van der Waals surface area contributed by atoms with Gasteiger partial charge in [-0.15, -0.1) is 0 Å². The van der Waals surface area contributed by atoms with Crippen LogP contribution in [0.15, 0.2) is 182 Å². The summed E-state index contributed by atoms with van der Waals surface area (Å²) in [6.07, 6.45) is 0. The molecule has 1 aliphatic rings. The highest BCUT2D eigenvalue weighted by Gasteiger charge is 2.37. The van der Waals surface area contributed by atoms with Gasteiger partial charge in [-0.25, -0.2) is 0 Å². The highest BCUT2D eigenvalue weighted by molar-refractivity contribution is 6.13. The molecule has 1 aliphatic carbocycles. The van der Waals surface area contributed by atoms with Crippen LogP contribution in [0.4, 0.5) is 0 Å². The summed E-state index contributed by atoms with van der Waals surface area (Å²) in [5.41, 5.74) is 8.06. The maximum Gasteiger partial charge on any atom is 0.0645 e. The van der Waals surface area contributed by atoms with Gasteiger partial charge in [0.15, 0.2) is 0 Å². The molecule has 0 bridgehead atoms. The van der Waals surface area contributed by atoms with E-state index in [-0.39, 0.29) is 65.5 Å². The molecule has 0 unspecified atom stereocenters. The predicted octanol–water partition coefficient (Wildman–Crippen LogP) is 13.5. The molecule has 2 nitrogen and oxygen atoms in total. The number of hydrogen-bond acceptors (Lipinski definition) is 0. The summed E-state index contributed by atoms with van der Waals surface area (Å²) < 4.78 is 118. The molecule has 10 aromatic rings. The first kappa shape index (κ1) is 19.8. The number of rotatable bonds is 4. The molecular weight excluding hydrogens is 641 g/mol. The first-order chi connectivity index (χ1) is 31.4. The lowest BCUT2D eigenvalue weighted by atomic mass is 9.82. The van der Waals surface area contributed by atoms with Crippen molar-refractivity contribution < 1.29 is 17.8 Å². The summed E-state index contributed by atoms with van der Waals surface area (Å²) in [6, 6.07) is 28.1. The van der Waals surface area contributed by atoms with E-state index < -0.39 is 29.6 Å². The van der Waals surface area contributed by atoms with Crippen molar-refractivity contribution in [2.24, 2.45) is 0 Å². The molecule has 0 radical (unpaired) electrons. The second-order valence-electron chi connectivity index (χ2n) is 14.0. The number of aromatic nitrogens is 2. The molecule has 2 heteroatoms. The lowest BCUT2D eigenvalue weighted by molar-refractivity contribution is 0.660. The van der Waals surface area contributed by atoms with Crippen LogP contribution in [0.2, 0.25) is 0 Å². The van der Waals surface area contributed by atoms with E-state index in [1.807, 2.05) is 106 Å². The molecule has 0 fully saturated rings. The third-order valence-electron chi connectivity index (χ3n) is 10.9. The molecule has 0 amide bonds. The lowest BCUT2D eigenvalue weighted by Gasteiger charge is -2.22. The van der Waals surface area contributed by atoms with Crippen LogP contribution in [0.25, 0.3) is 88.4 Å². The van der Waals surface area contributed by atoms with Crippen LogP contribution < -0.4 is 0 Å². The number of benzene rings is 8. The topological polar surface area (TPSA) is 9.86 Å². The normalized spacial score (nSPS) is 16.7. The molecule has 2 aromatic heterocycles. The Bertz CT molecular complexity index is 3800. The van der Waals surface area contributed by atoms with E-state index in [1.54, 1.807) is 6.07 Å². The van der Waals surface area contributed by atoms with Crippen molar-refractivity contribution in [1.82, 2.24) is 9.13 Å². The summed E-state index contributed by atoms with van der Waals surface area (Å²) in [6.45, 7) is 4.15. The molecule has 0 aliphatic heterocycles. The Morgan fingerprint density at radius 3 is 1.68 bits per heavy atom. The zero-order valence-corrected chi connectivity index (χ0v) is 28.7. The Hall–Kier alpha value is -6.64. The highest BCUT2D eigenvalue weighted by Crippen LogP contribution is 2.53. The Balaban J connectivity index is 1.16. The number of para-hydroxylation sites is 3. The Morgan fingerprint density at radius 2 is 1.02 bits per heavy atom. The minimum absolute atomic E-state index is 0.0913. The fourth-order valence-corrected chi connectivity index (χ4v) is 8.44. The third kappa shape index (κ3) is 4.33. The molecule has 0 saturated carbocycles. The molecule has 0 atom stereocenters. The van der Waals surface area contributed by atoms with Gasteiger partial charge in [-0.05, 0) is 105 Å². The Morgan fingerprint density at radius 1 is 0.415 bits per heavy atom. The van der Waals surface area contributed by atoms with Crippen LogP contribution in [-0.2, 0) is 5.41 Å². The predicted molar refractivity (Wildman–Crippen MR) is 224 cm³/mol. The Labute approximate surface area is 327 Å². The van der Waals surface area contributed by atoms with E-state index in [9.17, 15) is 2.74 Å². The molecule has 0 saturated heterocycles. The second-order valence-corrected chi connectivity index (χ2v) is 14.0. The van der Waals surface area contributed by atoms with Gasteiger partial charge in [-0.3, -0.25) is 0 Å². The minimum Gasteiger partial charge on any atom is -0.309 e. The number of nitrogens with zero attached hydrogens (tertiary/aromatic N) is 2. The van der Waals surface area contributed by atoms with Gasteiger partial charge >= 0.3 is 0 Å². The van der Waals surface area contributed by atoms with Crippen molar-refractivity contribution in [3.05, 3.63) is 193 Å². The van der Waals surface area contributed by atoms with Crippen LogP contribution in [0.5, 0.6) is 0 Å². The lowest BCUT2D eigenvalue weighted by Crippen LogP contribution is -2.15. The van der Waals surface area contributed by atoms with E-state index in [2.05, 4.69) is 13.8 Å². The van der Waals surface area contributed by atoms with Crippen LogP contribution in [0.3, 0.4) is 0 Å². The summed E-state index contributed by atoms with van der Waals surface area (Å²) in [7, 11) is 0. The van der Waals surface area contributed by atoms with Gasteiger partial charge in [0, 0.05) is 38.3 Å². The largest absolute Gasteiger partial charge is 0.309 e. The zero-order valence-electron chi connectivity index (χ0n) is 41.7. The average Bonchev–Trinajstić information content (AvgIpc) is 3.93. The van der Waals surface area contributed by atoms with Crippen molar-refractivity contribution in [3.63, 3.8) is 0 Å². The van der Waals surface area contributed by atoms with E-state index >= 15 is 0 Å². The fraction of sp³-hybridized carbons (Fsp3) is 0.0588. The van der Waals surface area contributed by atoms with Crippen molar-refractivity contribution >= 4 is 43.6 Å². The smallest absolute Gasteiger partial charge is 0.0645 e. The molecule has 53 heavy (non-hydrogen) atoms. The van der Waals surface area contributed by atoms with Crippen molar-refractivity contribution in [3.8, 4) is 44.8 Å². The summed E-state index contributed by atoms with van der Waals surface area (Å²) in [5.74, 6) is 0. The van der Waals surface area contributed by atoms with Crippen LogP contribution in [0, 0.1) is 0 Å². The number of fused-ring (bicyclic) bond motifs is 9. The van der Waals surface area contributed by atoms with Gasteiger partial charge in [0.05, 0.1) is 39.9 Å². The Kier molecular flexibility index (Phi) is 4.18. The van der Waals surface area contributed by atoms with Gasteiger partial charge in [-0.2, -0.15) is 0 Å². The summed E-state index contributed by atoms with van der Waals surface area (Å²) in [5, 5.41) is 1.87. The first-order valence-corrected chi connectivity index (χ1v) is 17.5. The van der Waals surface area contributed by atoms with E-state index in [0.717, 1.165) is 33.5 Å². The van der Waals surface area contributed by atoms with Gasteiger partial charge in [0.25, 0.3) is 0 Å². The average molecular weight is 690 g/mol. The second kappa shape index (κ2) is 11.2. The van der Waals surface area contributed by atoms with Gasteiger partial charge < -0.3 is 9.13 Å². The quantitative estimate of drug-likeness (QED) is 0.174. The maximum atomic E-state index is 9.29. The molecule has 250 valence electrons. The van der Waals surface area contributed by atoms with E-state index in [0.29, 0.717) is 54.9 Å². The molecular formula is C51H36N2. The standard InChI is InChI=1S/C51H36N2/c1-51(2)44-27-26-37(32-43(44)50-38(20-13-21-45(50)51)33-14-5-3-6-15-33)53-47-23-12-10-19-40(47)42-31-35(25-29-49(42)53)34-24-28-48-41(30-34)39-18-9-11-22-46(39)52(48)36-16-7-4-8-17-36/h3-32H,1-2H3/i3D,5D,6D,9D,10D,11D,12D,14D,15D,18D,19D,22D,23D. The van der Waals surface area contributed by atoms with Crippen molar-refractivity contribution in [2.75, 3.05) is 0 Å². The highest BCUT2D eigenvalue weighted by atomic mass is 15.0. The number of hydrogen-bond donors (Lipinski definition) is 0. The maximum absolute atomic E-state index is 9.29. The van der Waals surface area contributed by atoms with E-state index in [1.165, 1.54) is 0 Å². The van der Waals surface area contributed by atoms with Gasteiger partial charge in [0.2, 0.25) is 0 Å².